The highest BCUT2D eigenvalue weighted by Gasteiger charge is 2.26. The molecule has 1 aromatic rings. The third-order valence-corrected chi connectivity index (χ3v) is 2.78. The summed E-state index contributed by atoms with van der Waals surface area (Å²) in [5.41, 5.74) is 0.560. The molecule has 1 rings (SSSR count). The van der Waals surface area contributed by atoms with Gasteiger partial charge >= 0.3 is 0 Å². The fourth-order valence-electron chi connectivity index (χ4n) is 1.86. The molecule has 0 aliphatic carbocycles. The number of hydrogen-bond donors (Lipinski definition) is 1. The molecule has 0 saturated heterocycles. The molecule has 16 heavy (non-hydrogen) atoms. The Kier molecular flexibility index (Phi) is 4.45. The number of benzene rings is 1. The quantitative estimate of drug-likeness (QED) is 0.846. The van der Waals surface area contributed by atoms with E-state index in [1.807, 2.05) is 13.8 Å². The van der Waals surface area contributed by atoms with E-state index in [0.717, 1.165) is 0 Å². The Morgan fingerprint density at radius 2 is 1.94 bits per heavy atom. The fraction of sp³-hybridized carbons (Fsp3) is 0.462. The summed E-state index contributed by atoms with van der Waals surface area (Å²) < 4.78 is 13.6. The predicted molar refractivity (Wildman–Crippen MR) is 62.1 cm³/mol. The molecule has 2 unspecified atom stereocenters. The van der Waals surface area contributed by atoms with Gasteiger partial charge in [-0.3, -0.25) is 0 Å². The van der Waals surface area contributed by atoms with Crippen LogP contribution >= 0.6 is 0 Å². The van der Waals surface area contributed by atoms with Crippen LogP contribution in [0.25, 0.3) is 0 Å². The standard InChI is InChI=1S/C13H17FN2/c1-9(2)11(8-15)13(16-3)10-6-4-5-7-12(10)14/h4-7,9,11,13,16H,1-3H3. The van der Waals surface area contributed by atoms with E-state index in [1.165, 1.54) is 6.07 Å². The lowest BCUT2D eigenvalue weighted by molar-refractivity contribution is 0.354. The molecule has 0 aliphatic rings. The van der Waals surface area contributed by atoms with Gasteiger partial charge in [0.25, 0.3) is 0 Å². The zero-order chi connectivity index (χ0) is 12.1. The van der Waals surface area contributed by atoms with Crippen molar-refractivity contribution in [3.8, 4) is 6.07 Å². The van der Waals surface area contributed by atoms with Crippen molar-refractivity contribution in [3.05, 3.63) is 35.6 Å². The molecular weight excluding hydrogens is 203 g/mol. The van der Waals surface area contributed by atoms with Crippen molar-refractivity contribution in [2.75, 3.05) is 7.05 Å². The highest BCUT2D eigenvalue weighted by molar-refractivity contribution is 5.23. The van der Waals surface area contributed by atoms with Crippen LogP contribution in [0, 0.1) is 29.0 Å². The Hall–Kier alpha value is -1.40. The number of nitrogens with one attached hydrogen (secondary N) is 1. The average molecular weight is 220 g/mol. The van der Waals surface area contributed by atoms with Gasteiger partial charge in [0.05, 0.1) is 18.0 Å². The maximum Gasteiger partial charge on any atom is 0.128 e. The molecule has 2 nitrogen and oxygen atoms in total. The molecule has 1 aromatic carbocycles. The summed E-state index contributed by atoms with van der Waals surface area (Å²) in [4.78, 5) is 0. The lowest BCUT2D eigenvalue weighted by atomic mass is 9.85. The first kappa shape index (κ1) is 12.7. The zero-order valence-corrected chi connectivity index (χ0v) is 9.87. The van der Waals surface area contributed by atoms with Crippen LogP contribution in [0.1, 0.15) is 25.5 Å². The largest absolute Gasteiger partial charge is 0.312 e. The molecule has 0 aliphatic heterocycles. The van der Waals surface area contributed by atoms with Gasteiger partial charge in [0.1, 0.15) is 5.82 Å². The van der Waals surface area contributed by atoms with E-state index >= 15 is 0 Å². The third kappa shape index (κ3) is 2.59. The van der Waals surface area contributed by atoms with Gasteiger partial charge in [-0.15, -0.1) is 0 Å². The van der Waals surface area contributed by atoms with Gasteiger partial charge in [-0.1, -0.05) is 32.0 Å². The van der Waals surface area contributed by atoms with Crippen molar-refractivity contribution in [2.45, 2.75) is 19.9 Å². The van der Waals surface area contributed by atoms with Crippen molar-refractivity contribution in [1.82, 2.24) is 5.32 Å². The van der Waals surface area contributed by atoms with Gasteiger partial charge in [0, 0.05) is 5.56 Å². The van der Waals surface area contributed by atoms with Crippen molar-refractivity contribution >= 4 is 0 Å². The van der Waals surface area contributed by atoms with E-state index in [9.17, 15) is 4.39 Å². The summed E-state index contributed by atoms with van der Waals surface area (Å²) in [6, 6.07) is 8.59. The van der Waals surface area contributed by atoms with Crippen LogP contribution in [0.4, 0.5) is 4.39 Å². The normalized spacial score (nSPS) is 14.5. The number of rotatable bonds is 4. The summed E-state index contributed by atoms with van der Waals surface area (Å²) in [6.45, 7) is 3.94. The van der Waals surface area contributed by atoms with Crippen LogP contribution in [-0.4, -0.2) is 7.05 Å². The van der Waals surface area contributed by atoms with Crippen molar-refractivity contribution in [3.63, 3.8) is 0 Å². The summed E-state index contributed by atoms with van der Waals surface area (Å²) in [5, 5.41) is 12.2. The van der Waals surface area contributed by atoms with Gasteiger partial charge in [-0.05, 0) is 19.0 Å². The van der Waals surface area contributed by atoms with Gasteiger partial charge in [-0.25, -0.2) is 4.39 Å². The van der Waals surface area contributed by atoms with E-state index in [2.05, 4.69) is 11.4 Å². The van der Waals surface area contributed by atoms with Crippen LogP contribution in [0.5, 0.6) is 0 Å². The minimum atomic E-state index is -0.261. The van der Waals surface area contributed by atoms with Crippen LogP contribution < -0.4 is 5.32 Å². The Morgan fingerprint density at radius 3 is 2.38 bits per heavy atom. The molecule has 0 fully saturated rings. The molecule has 0 spiro atoms. The smallest absolute Gasteiger partial charge is 0.128 e. The Bertz CT molecular complexity index is 382. The van der Waals surface area contributed by atoms with E-state index in [1.54, 1.807) is 25.2 Å². The van der Waals surface area contributed by atoms with E-state index in [4.69, 9.17) is 5.26 Å². The van der Waals surface area contributed by atoms with E-state index in [0.29, 0.717) is 5.56 Å². The second-order valence-electron chi connectivity index (χ2n) is 4.19. The highest BCUT2D eigenvalue weighted by atomic mass is 19.1. The molecule has 0 heterocycles. The molecule has 0 amide bonds. The summed E-state index contributed by atoms with van der Waals surface area (Å²) in [6.07, 6.45) is 0. The molecule has 1 N–H and O–H groups in total. The highest BCUT2D eigenvalue weighted by Crippen LogP contribution is 2.28. The third-order valence-electron chi connectivity index (χ3n) is 2.78. The van der Waals surface area contributed by atoms with Crippen LogP contribution in [-0.2, 0) is 0 Å². The molecule has 0 saturated carbocycles. The lowest BCUT2D eigenvalue weighted by Crippen LogP contribution is -2.28. The minimum Gasteiger partial charge on any atom is -0.312 e. The second-order valence-corrected chi connectivity index (χ2v) is 4.19. The van der Waals surface area contributed by atoms with E-state index in [-0.39, 0.29) is 23.7 Å². The summed E-state index contributed by atoms with van der Waals surface area (Å²) in [5.74, 6) is -0.313. The number of nitrogens with zero attached hydrogens (tertiary/aromatic N) is 1. The van der Waals surface area contributed by atoms with Crippen LogP contribution in [0.3, 0.4) is 0 Å². The predicted octanol–water partition coefficient (Wildman–Crippen LogP) is 2.88. The van der Waals surface area contributed by atoms with Crippen LogP contribution in [0.2, 0.25) is 0 Å². The number of hydrogen-bond acceptors (Lipinski definition) is 2. The van der Waals surface area contributed by atoms with Gasteiger partial charge in [0.2, 0.25) is 0 Å². The van der Waals surface area contributed by atoms with Crippen molar-refractivity contribution in [2.24, 2.45) is 11.8 Å². The fourth-order valence-corrected chi connectivity index (χ4v) is 1.86. The lowest BCUT2D eigenvalue weighted by Gasteiger charge is -2.25. The maximum atomic E-state index is 13.6. The Labute approximate surface area is 96.1 Å². The minimum absolute atomic E-state index is 0.182. The Morgan fingerprint density at radius 1 is 1.31 bits per heavy atom. The summed E-state index contributed by atoms with van der Waals surface area (Å²) >= 11 is 0. The van der Waals surface area contributed by atoms with Gasteiger partial charge < -0.3 is 5.32 Å². The van der Waals surface area contributed by atoms with E-state index < -0.39 is 0 Å². The van der Waals surface area contributed by atoms with Crippen molar-refractivity contribution in [1.29, 1.82) is 5.26 Å². The van der Waals surface area contributed by atoms with Crippen molar-refractivity contribution < 1.29 is 4.39 Å². The molecule has 2 atom stereocenters. The molecular formula is C13H17FN2. The molecule has 0 aromatic heterocycles. The van der Waals surface area contributed by atoms with Gasteiger partial charge in [-0.2, -0.15) is 5.26 Å². The molecule has 86 valence electrons. The number of halogens is 1. The summed E-state index contributed by atoms with van der Waals surface area (Å²) in [7, 11) is 1.75. The second kappa shape index (κ2) is 5.62. The maximum absolute atomic E-state index is 13.6. The SMILES string of the molecule is CNC(c1ccccc1F)C(C#N)C(C)C. The zero-order valence-electron chi connectivity index (χ0n) is 9.87. The average Bonchev–Trinajstić information content (AvgIpc) is 2.26. The topological polar surface area (TPSA) is 35.8 Å². The first-order valence-corrected chi connectivity index (χ1v) is 5.43. The van der Waals surface area contributed by atoms with Crippen LogP contribution in [0.15, 0.2) is 24.3 Å². The first-order valence-electron chi connectivity index (χ1n) is 5.43. The Balaban J connectivity index is 3.08. The molecule has 0 bridgehead atoms. The molecule has 0 radical (unpaired) electrons. The monoisotopic (exact) mass is 220 g/mol. The molecule has 3 heteroatoms. The number of nitriles is 1. The van der Waals surface area contributed by atoms with Gasteiger partial charge in [0.15, 0.2) is 0 Å². The first-order chi connectivity index (χ1) is 7.61.